The molecule has 0 aromatic carbocycles. The first-order chi connectivity index (χ1) is 16.1. The van der Waals surface area contributed by atoms with Crippen molar-refractivity contribution in [3.05, 3.63) is 20.9 Å². The van der Waals surface area contributed by atoms with E-state index in [0.717, 1.165) is 12.8 Å². The molecule has 0 unspecified atom stereocenters. The molecule has 1 saturated heterocycles. The third-order valence-electron chi connectivity index (χ3n) is 6.79. The maximum absolute atomic E-state index is 8.62. The molecule has 8 heteroatoms. The number of azide groups is 2. The summed E-state index contributed by atoms with van der Waals surface area (Å²) in [6.45, 7) is 5.42. The van der Waals surface area contributed by atoms with E-state index in [9.17, 15) is 0 Å². The molecular formula is C25H48N6O2. The summed E-state index contributed by atoms with van der Waals surface area (Å²) in [6, 6.07) is 0. The van der Waals surface area contributed by atoms with Crippen LogP contribution in [0.4, 0.5) is 0 Å². The van der Waals surface area contributed by atoms with Crippen LogP contribution in [-0.2, 0) is 9.47 Å². The van der Waals surface area contributed by atoms with Crippen LogP contribution in [0.15, 0.2) is 10.2 Å². The van der Waals surface area contributed by atoms with Gasteiger partial charge >= 0.3 is 0 Å². The SMILES string of the molecule is CCCCCCCCCCCCCCCCCCC1(C)OCC(CN=[N+]=[N-])(CN=[N+]=[N-])CO1. The average molecular weight is 465 g/mol. The molecule has 0 bridgehead atoms. The van der Waals surface area contributed by atoms with Crippen molar-refractivity contribution in [1.29, 1.82) is 0 Å². The van der Waals surface area contributed by atoms with Crippen LogP contribution in [0.2, 0.25) is 0 Å². The molecule has 0 spiro atoms. The first kappa shape index (κ1) is 29.6. The van der Waals surface area contributed by atoms with Gasteiger partial charge in [0, 0.05) is 34.7 Å². The van der Waals surface area contributed by atoms with E-state index in [2.05, 4.69) is 27.0 Å². The van der Waals surface area contributed by atoms with Crippen LogP contribution >= 0.6 is 0 Å². The molecule has 0 saturated carbocycles. The Hall–Kier alpha value is -1.46. The molecule has 0 amide bonds. The standard InChI is InChI=1S/C25H48N6O2/c1-3-4-5-6-7-8-9-10-11-12-13-14-15-16-17-18-19-24(2)32-22-25(23-33-24,20-28-30-26)21-29-31-27/h3-23H2,1-2H3. The smallest absolute Gasteiger partial charge is 0.165 e. The highest BCUT2D eigenvalue weighted by molar-refractivity contribution is 4.89. The fourth-order valence-electron chi connectivity index (χ4n) is 4.43. The summed E-state index contributed by atoms with van der Waals surface area (Å²) in [7, 11) is 0. The topological polar surface area (TPSA) is 116 Å². The van der Waals surface area contributed by atoms with E-state index in [0.29, 0.717) is 13.2 Å². The van der Waals surface area contributed by atoms with Gasteiger partial charge in [-0.05, 0) is 24.4 Å². The zero-order valence-electron chi connectivity index (χ0n) is 21.3. The van der Waals surface area contributed by atoms with Crippen molar-refractivity contribution in [2.24, 2.45) is 15.6 Å². The third-order valence-corrected chi connectivity index (χ3v) is 6.79. The van der Waals surface area contributed by atoms with Crippen molar-refractivity contribution < 1.29 is 9.47 Å². The summed E-state index contributed by atoms with van der Waals surface area (Å²) >= 11 is 0. The van der Waals surface area contributed by atoms with Crippen LogP contribution in [-0.4, -0.2) is 32.1 Å². The van der Waals surface area contributed by atoms with Crippen LogP contribution in [0.25, 0.3) is 20.9 Å². The van der Waals surface area contributed by atoms with Gasteiger partial charge in [-0.2, -0.15) is 0 Å². The van der Waals surface area contributed by atoms with Crippen molar-refractivity contribution in [2.75, 3.05) is 26.3 Å². The lowest BCUT2D eigenvalue weighted by Crippen LogP contribution is -2.51. The second kappa shape index (κ2) is 18.9. The minimum absolute atomic E-state index is 0.206. The van der Waals surface area contributed by atoms with Gasteiger partial charge < -0.3 is 9.47 Å². The monoisotopic (exact) mass is 464 g/mol. The predicted octanol–water partition coefficient (Wildman–Crippen LogP) is 9.01. The molecule has 8 nitrogen and oxygen atoms in total. The van der Waals surface area contributed by atoms with Gasteiger partial charge in [-0.25, -0.2) is 0 Å². The Kier molecular flexibility index (Phi) is 16.9. The zero-order chi connectivity index (χ0) is 24.1. The summed E-state index contributed by atoms with van der Waals surface area (Å²) in [5.41, 5.74) is 16.7. The van der Waals surface area contributed by atoms with Crippen molar-refractivity contribution in [3.8, 4) is 0 Å². The normalized spacial score (nSPS) is 22.5. The number of nitrogens with zero attached hydrogens (tertiary/aromatic N) is 6. The van der Waals surface area contributed by atoms with Gasteiger partial charge in [-0.3, -0.25) is 0 Å². The first-order valence-electron chi connectivity index (χ1n) is 13.4. The van der Waals surface area contributed by atoms with E-state index in [4.69, 9.17) is 20.5 Å². The number of rotatable bonds is 21. The molecule has 1 rings (SSSR count). The molecule has 1 heterocycles. The van der Waals surface area contributed by atoms with E-state index in [1.807, 2.05) is 6.92 Å². The molecule has 0 aliphatic carbocycles. The van der Waals surface area contributed by atoms with Crippen LogP contribution < -0.4 is 0 Å². The molecular weight excluding hydrogens is 416 g/mol. The van der Waals surface area contributed by atoms with Gasteiger partial charge in [-0.15, -0.1) is 0 Å². The Balaban J connectivity index is 2.00. The van der Waals surface area contributed by atoms with E-state index >= 15 is 0 Å². The largest absolute Gasteiger partial charge is 0.350 e. The maximum Gasteiger partial charge on any atom is 0.165 e. The lowest BCUT2D eigenvalue weighted by atomic mass is 9.88. The second-order valence-corrected chi connectivity index (χ2v) is 10.0. The number of unbranched alkanes of at least 4 members (excludes halogenated alkanes) is 15. The lowest BCUT2D eigenvalue weighted by molar-refractivity contribution is -0.294. The Morgan fingerprint density at radius 1 is 0.636 bits per heavy atom. The highest BCUT2D eigenvalue weighted by Gasteiger charge is 2.41. The maximum atomic E-state index is 8.62. The predicted molar refractivity (Wildman–Crippen MR) is 135 cm³/mol. The molecule has 0 radical (unpaired) electrons. The quantitative estimate of drug-likeness (QED) is 0.0729. The van der Waals surface area contributed by atoms with Crippen molar-refractivity contribution >= 4 is 0 Å². The number of ether oxygens (including phenoxy) is 2. The molecule has 1 aliphatic rings. The van der Waals surface area contributed by atoms with Gasteiger partial charge in [0.05, 0.1) is 13.2 Å². The fraction of sp³-hybridized carbons (Fsp3) is 1.00. The summed E-state index contributed by atoms with van der Waals surface area (Å²) in [5, 5.41) is 7.31. The van der Waals surface area contributed by atoms with Crippen molar-refractivity contribution in [3.63, 3.8) is 0 Å². The number of hydrogen-bond acceptors (Lipinski definition) is 4. The van der Waals surface area contributed by atoms with Crippen molar-refractivity contribution in [1.82, 2.24) is 0 Å². The Morgan fingerprint density at radius 2 is 1.00 bits per heavy atom. The molecule has 0 atom stereocenters. The number of hydrogen-bond donors (Lipinski definition) is 0. The summed E-state index contributed by atoms with van der Waals surface area (Å²) in [4.78, 5) is 5.65. The highest BCUT2D eigenvalue weighted by Crippen LogP contribution is 2.34. The van der Waals surface area contributed by atoms with E-state index < -0.39 is 11.2 Å². The van der Waals surface area contributed by atoms with Gasteiger partial charge in [0.1, 0.15) is 0 Å². The average Bonchev–Trinajstić information content (AvgIpc) is 2.83. The van der Waals surface area contributed by atoms with E-state index in [-0.39, 0.29) is 13.1 Å². The lowest BCUT2D eigenvalue weighted by Gasteiger charge is -2.44. The van der Waals surface area contributed by atoms with Gasteiger partial charge in [-0.1, -0.05) is 113 Å². The summed E-state index contributed by atoms with van der Waals surface area (Å²) in [6.07, 6.45) is 22.5. The molecule has 0 N–H and O–H groups in total. The Labute approximate surface area is 201 Å². The van der Waals surface area contributed by atoms with Crippen LogP contribution in [0.3, 0.4) is 0 Å². The third kappa shape index (κ3) is 14.4. The van der Waals surface area contributed by atoms with E-state index in [1.165, 1.54) is 96.3 Å². The minimum atomic E-state index is -0.605. The van der Waals surface area contributed by atoms with Gasteiger partial charge in [0.25, 0.3) is 0 Å². The van der Waals surface area contributed by atoms with Crippen LogP contribution in [0, 0.1) is 5.41 Å². The Morgan fingerprint density at radius 3 is 1.36 bits per heavy atom. The highest BCUT2D eigenvalue weighted by atomic mass is 16.7. The molecule has 0 aromatic rings. The van der Waals surface area contributed by atoms with Crippen LogP contribution in [0.1, 0.15) is 123 Å². The Bertz CT molecular complexity index is 557. The molecule has 33 heavy (non-hydrogen) atoms. The molecule has 190 valence electrons. The van der Waals surface area contributed by atoms with Gasteiger partial charge in [0.2, 0.25) is 0 Å². The van der Waals surface area contributed by atoms with Crippen molar-refractivity contribution in [2.45, 2.75) is 129 Å². The van der Waals surface area contributed by atoms with Gasteiger partial charge in [0.15, 0.2) is 5.79 Å². The zero-order valence-corrected chi connectivity index (χ0v) is 21.3. The molecule has 1 aliphatic heterocycles. The minimum Gasteiger partial charge on any atom is -0.350 e. The van der Waals surface area contributed by atoms with Crippen LogP contribution in [0.5, 0.6) is 0 Å². The molecule has 0 aromatic heterocycles. The fourth-order valence-corrected chi connectivity index (χ4v) is 4.43. The summed E-state index contributed by atoms with van der Waals surface area (Å²) in [5.74, 6) is -0.605. The second-order valence-electron chi connectivity index (χ2n) is 10.0. The molecule has 1 fully saturated rings. The summed E-state index contributed by atoms with van der Waals surface area (Å²) < 4.78 is 12.0. The first-order valence-corrected chi connectivity index (χ1v) is 13.4. The van der Waals surface area contributed by atoms with E-state index in [1.54, 1.807) is 0 Å².